The first-order chi connectivity index (χ1) is 10.3. The maximum atomic E-state index is 5.44. The fraction of sp³-hybridized carbons (Fsp3) is 0.615. The highest BCUT2D eigenvalue weighted by Gasteiger charge is 2.32. The van der Waals surface area contributed by atoms with Gasteiger partial charge in [0, 0.05) is 18.6 Å². The molecule has 2 aromatic heterocycles. The van der Waals surface area contributed by atoms with E-state index < -0.39 is 0 Å². The van der Waals surface area contributed by atoms with Gasteiger partial charge in [-0.25, -0.2) is 5.84 Å². The van der Waals surface area contributed by atoms with Gasteiger partial charge in [-0.1, -0.05) is 0 Å². The number of rotatable bonds is 3. The molecule has 2 aromatic rings. The minimum Gasteiger partial charge on any atom is -0.366 e. The average Bonchev–Trinajstić information content (AvgIpc) is 3.14. The number of piperidine rings is 1. The maximum Gasteiger partial charge on any atom is 0.241 e. The number of fused-ring (bicyclic) bond motifs is 2. The summed E-state index contributed by atoms with van der Waals surface area (Å²) in [6.45, 7) is 2.43. The van der Waals surface area contributed by atoms with Gasteiger partial charge in [-0.15, -0.1) is 0 Å². The first-order valence-corrected chi connectivity index (χ1v) is 7.52. The van der Waals surface area contributed by atoms with Crippen LogP contribution in [-0.2, 0) is 0 Å². The topological polar surface area (TPSA) is 108 Å². The van der Waals surface area contributed by atoms with Gasteiger partial charge < -0.3 is 10.2 Å². The zero-order chi connectivity index (χ0) is 14.2. The van der Waals surface area contributed by atoms with Crippen LogP contribution in [0.2, 0.25) is 0 Å². The van der Waals surface area contributed by atoms with E-state index in [1.54, 1.807) is 6.20 Å². The van der Waals surface area contributed by atoms with Gasteiger partial charge in [-0.3, -0.25) is 10.5 Å². The lowest BCUT2D eigenvalue weighted by Gasteiger charge is -2.35. The highest BCUT2D eigenvalue weighted by Crippen LogP contribution is 2.29. The van der Waals surface area contributed by atoms with Crippen molar-refractivity contribution < 1.29 is 0 Å². The Morgan fingerprint density at radius 2 is 2.24 bits per heavy atom. The van der Waals surface area contributed by atoms with Crippen LogP contribution in [-0.4, -0.2) is 50.2 Å². The van der Waals surface area contributed by atoms with Crippen molar-refractivity contribution in [3.8, 4) is 0 Å². The Morgan fingerprint density at radius 1 is 1.29 bits per heavy atom. The van der Waals surface area contributed by atoms with Gasteiger partial charge in [0.25, 0.3) is 0 Å². The Bertz CT molecular complexity index is 638. The van der Waals surface area contributed by atoms with E-state index in [-0.39, 0.29) is 0 Å². The molecular formula is C13H20N8. The SMILES string of the molecule is NNc1nc(NC2CCN3CCCC3C2)c2cn[nH]c2n1. The van der Waals surface area contributed by atoms with Crippen molar-refractivity contribution in [3.05, 3.63) is 6.20 Å². The predicted octanol–water partition coefficient (Wildman–Crippen LogP) is 0.677. The third kappa shape index (κ3) is 2.30. The molecular weight excluding hydrogens is 268 g/mol. The Morgan fingerprint density at radius 3 is 3.14 bits per heavy atom. The number of nitrogens with zero attached hydrogens (tertiary/aromatic N) is 4. The van der Waals surface area contributed by atoms with Crippen molar-refractivity contribution >= 4 is 22.8 Å². The zero-order valence-corrected chi connectivity index (χ0v) is 11.8. The van der Waals surface area contributed by atoms with Crippen LogP contribution in [0.1, 0.15) is 25.7 Å². The van der Waals surface area contributed by atoms with Crippen LogP contribution >= 0.6 is 0 Å². The molecule has 2 saturated heterocycles. The summed E-state index contributed by atoms with van der Waals surface area (Å²) in [6, 6.07) is 1.17. The normalized spacial score (nSPS) is 26.0. The maximum absolute atomic E-state index is 5.44. The zero-order valence-electron chi connectivity index (χ0n) is 11.8. The van der Waals surface area contributed by atoms with E-state index in [0.717, 1.165) is 23.7 Å². The van der Waals surface area contributed by atoms with E-state index >= 15 is 0 Å². The van der Waals surface area contributed by atoms with Crippen LogP contribution in [0.25, 0.3) is 11.0 Å². The summed E-state index contributed by atoms with van der Waals surface area (Å²) in [5.41, 5.74) is 3.20. The molecule has 0 bridgehead atoms. The first kappa shape index (κ1) is 12.8. The molecule has 4 rings (SSSR count). The summed E-state index contributed by atoms with van der Waals surface area (Å²) in [5, 5.41) is 11.4. The first-order valence-electron chi connectivity index (χ1n) is 7.52. The van der Waals surface area contributed by atoms with Gasteiger partial charge in [0.2, 0.25) is 5.95 Å². The summed E-state index contributed by atoms with van der Waals surface area (Å²) in [6.07, 6.45) is 6.72. The molecule has 0 aliphatic carbocycles. The summed E-state index contributed by atoms with van der Waals surface area (Å²) >= 11 is 0. The Hall–Kier alpha value is -1.93. The Balaban J connectivity index is 1.57. The number of nitrogen functional groups attached to an aromatic ring is 1. The van der Waals surface area contributed by atoms with Gasteiger partial charge in [-0.2, -0.15) is 15.1 Å². The second-order valence-corrected chi connectivity index (χ2v) is 5.87. The molecule has 8 nitrogen and oxygen atoms in total. The number of nitrogens with two attached hydrogens (primary N) is 1. The molecule has 4 heterocycles. The molecule has 0 aromatic carbocycles. The molecule has 2 fully saturated rings. The number of hydrazine groups is 1. The predicted molar refractivity (Wildman–Crippen MR) is 80.7 cm³/mol. The fourth-order valence-electron chi connectivity index (χ4n) is 3.56. The number of anilines is 2. The molecule has 21 heavy (non-hydrogen) atoms. The molecule has 0 radical (unpaired) electrons. The Labute approximate surface area is 122 Å². The van der Waals surface area contributed by atoms with E-state index in [1.165, 1.54) is 32.4 Å². The van der Waals surface area contributed by atoms with Crippen molar-refractivity contribution in [2.45, 2.75) is 37.8 Å². The lowest BCUT2D eigenvalue weighted by atomic mass is 9.97. The standard InChI is InChI=1S/C13H20N8/c14-19-13-17-11(10-7-15-20-12(10)18-13)16-8-3-5-21-4-1-2-9(21)6-8/h7-9H,1-6,14H2,(H3,15,16,17,18,19,20). The molecule has 2 aliphatic rings. The average molecular weight is 288 g/mol. The van der Waals surface area contributed by atoms with Crippen molar-refractivity contribution in [1.29, 1.82) is 0 Å². The van der Waals surface area contributed by atoms with Crippen LogP contribution < -0.4 is 16.6 Å². The summed E-state index contributed by atoms with van der Waals surface area (Å²) < 4.78 is 0. The number of aromatic nitrogens is 4. The molecule has 112 valence electrons. The fourth-order valence-corrected chi connectivity index (χ4v) is 3.56. The summed E-state index contributed by atoms with van der Waals surface area (Å²) in [7, 11) is 0. The minimum absolute atomic E-state index is 0.396. The number of hydrogen-bond acceptors (Lipinski definition) is 7. The molecule has 2 atom stereocenters. The third-order valence-electron chi connectivity index (χ3n) is 4.60. The smallest absolute Gasteiger partial charge is 0.241 e. The van der Waals surface area contributed by atoms with Crippen LogP contribution in [0.3, 0.4) is 0 Å². The number of hydrogen-bond donors (Lipinski definition) is 4. The van der Waals surface area contributed by atoms with E-state index in [2.05, 4.69) is 35.8 Å². The third-order valence-corrected chi connectivity index (χ3v) is 4.60. The van der Waals surface area contributed by atoms with Gasteiger partial charge in [-0.05, 0) is 32.2 Å². The minimum atomic E-state index is 0.396. The number of aromatic amines is 1. The summed E-state index contributed by atoms with van der Waals surface area (Å²) in [5.74, 6) is 6.64. The second-order valence-electron chi connectivity index (χ2n) is 5.87. The van der Waals surface area contributed by atoms with E-state index in [0.29, 0.717) is 17.6 Å². The number of nitrogens with one attached hydrogen (secondary N) is 3. The molecule has 8 heteroatoms. The molecule has 0 spiro atoms. The largest absolute Gasteiger partial charge is 0.366 e. The Kier molecular flexibility index (Phi) is 3.12. The molecule has 0 amide bonds. The van der Waals surface area contributed by atoms with Crippen molar-refractivity contribution in [1.82, 2.24) is 25.1 Å². The van der Waals surface area contributed by atoms with Gasteiger partial charge in [0.05, 0.1) is 11.6 Å². The van der Waals surface area contributed by atoms with Crippen molar-refractivity contribution in [3.63, 3.8) is 0 Å². The van der Waals surface area contributed by atoms with E-state index in [4.69, 9.17) is 5.84 Å². The second kappa shape index (κ2) is 5.12. The molecule has 5 N–H and O–H groups in total. The quantitative estimate of drug-likeness (QED) is 0.486. The van der Waals surface area contributed by atoms with Crippen LogP contribution in [0.5, 0.6) is 0 Å². The lowest BCUT2D eigenvalue weighted by molar-refractivity contribution is 0.188. The highest BCUT2D eigenvalue weighted by molar-refractivity contribution is 5.87. The highest BCUT2D eigenvalue weighted by atomic mass is 15.3. The molecule has 2 unspecified atom stereocenters. The van der Waals surface area contributed by atoms with Crippen LogP contribution in [0.15, 0.2) is 6.20 Å². The van der Waals surface area contributed by atoms with Gasteiger partial charge in [0.15, 0.2) is 5.65 Å². The van der Waals surface area contributed by atoms with E-state index in [9.17, 15) is 0 Å². The lowest BCUT2D eigenvalue weighted by Crippen LogP contribution is -2.42. The monoisotopic (exact) mass is 288 g/mol. The molecule has 2 aliphatic heterocycles. The molecule has 0 saturated carbocycles. The van der Waals surface area contributed by atoms with E-state index in [1.807, 2.05) is 0 Å². The summed E-state index contributed by atoms with van der Waals surface area (Å²) in [4.78, 5) is 11.3. The van der Waals surface area contributed by atoms with Gasteiger partial charge in [0.1, 0.15) is 5.82 Å². The van der Waals surface area contributed by atoms with Crippen LogP contribution in [0, 0.1) is 0 Å². The van der Waals surface area contributed by atoms with Gasteiger partial charge >= 0.3 is 0 Å². The van der Waals surface area contributed by atoms with Crippen LogP contribution in [0.4, 0.5) is 11.8 Å². The van der Waals surface area contributed by atoms with Crippen molar-refractivity contribution in [2.75, 3.05) is 23.8 Å². The number of H-pyrrole nitrogens is 1. The van der Waals surface area contributed by atoms with Crippen molar-refractivity contribution in [2.24, 2.45) is 5.84 Å².